The molecule has 6 nitrogen and oxygen atoms in total. The molecule has 160 valence electrons. The van der Waals surface area contributed by atoms with Crippen LogP contribution in [-0.2, 0) is 6.42 Å². The molecule has 0 bridgehead atoms. The molecule has 2 aromatic heterocycles. The molecule has 0 saturated carbocycles. The maximum Gasteiger partial charge on any atom is 0.251 e. The monoisotopic (exact) mass is 441 g/mol. The van der Waals surface area contributed by atoms with Gasteiger partial charge in [-0.15, -0.1) is 0 Å². The number of Topliss-reactive ketones (excluding diaryl/α,β-unsaturated/α-hetero) is 1. The van der Waals surface area contributed by atoms with Crippen LogP contribution in [0.15, 0.2) is 48.7 Å². The second-order valence-corrected chi connectivity index (χ2v) is 7.18. The zero-order valence-corrected chi connectivity index (χ0v) is 17.9. The number of carbonyl (C=O) groups excluding carboxylic acids is 2. The van der Waals surface area contributed by atoms with Crippen LogP contribution in [-0.4, -0.2) is 35.3 Å². The summed E-state index contributed by atoms with van der Waals surface area (Å²) in [4.78, 5) is 33.6. The highest BCUT2D eigenvalue weighted by Crippen LogP contribution is 2.30. The van der Waals surface area contributed by atoms with Gasteiger partial charge >= 0.3 is 0 Å². The molecule has 0 unspecified atom stereocenters. The van der Waals surface area contributed by atoms with Gasteiger partial charge in [0.25, 0.3) is 5.91 Å². The standard InChI is InChI=1S/C23H21ClFN3O3/c1-3-4-16-11-15(9-10-26-16)23(30)27-13-20(29)19-7-8-21(31-2)22(28-19)14-5-6-18(25)17(24)12-14/h5-12H,3-4,13H2,1-2H3,(H,27,30). The van der Waals surface area contributed by atoms with Crippen molar-refractivity contribution in [2.75, 3.05) is 13.7 Å². The fourth-order valence-corrected chi connectivity index (χ4v) is 3.16. The summed E-state index contributed by atoms with van der Waals surface area (Å²) in [6.07, 6.45) is 3.26. The van der Waals surface area contributed by atoms with Gasteiger partial charge < -0.3 is 10.1 Å². The Morgan fingerprint density at radius 3 is 2.68 bits per heavy atom. The summed E-state index contributed by atoms with van der Waals surface area (Å²) in [6, 6.07) is 10.5. The fraction of sp³-hybridized carbons (Fsp3) is 0.217. The number of amides is 1. The van der Waals surface area contributed by atoms with E-state index in [1.54, 1.807) is 24.4 Å². The molecule has 0 saturated heterocycles. The lowest BCUT2D eigenvalue weighted by Gasteiger charge is -2.11. The zero-order valence-electron chi connectivity index (χ0n) is 17.1. The molecular formula is C23H21ClFN3O3. The van der Waals surface area contributed by atoms with Crippen molar-refractivity contribution in [1.82, 2.24) is 15.3 Å². The molecule has 3 aromatic rings. The molecule has 0 aliphatic carbocycles. The Morgan fingerprint density at radius 1 is 1.16 bits per heavy atom. The Labute approximate surface area is 184 Å². The van der Waals surface area contributed by atoms with Crippen molar-refractivity contribution in [3.05, 3.63) is 76.5 Å². The van der Waals surface area contributed by atoms with Crippen molar-refractivity contribution in [3.63, 3.8) is 0 Å². The minimum Gasteiger partial charge on any atom is -0.494 e. The number of carbonyl (C=O) groups is 2. The largest absolute Gasteiger partial charge is 0.494 e. The fourth-order valence-electron chi connectivity index (χ4n) is 2.98. The van der Waals surface area contributed by atoms with Crippen LogP contribution in [0.4, 0.5) is 4.39 Å². The third-order valence-electron chi connectivity index (χ3n) is 4.55. The second-order valence-electron chi connectivity index (χ2n) is 6.77. The number of rotatable bonds is 8. The lowest BCUT2D eigenvalue weighted by Crippen LogP contribution is -2.30. The Bertz CT molecular complexity index is 1120. The number of pyridine rings is 2. The van der Waals surface area contributed by atoms with Gasteiger partial charge in [-0.3, -0.25) is 14.6 Å². The van der Waals surface area contributed by atoms with E-state index in [-0.39, 0.29) is 29.0 Å². The zero-order chi connectivity index (χ0) is 22.4. The van der Waals surface area contributed by atoms with Gasteiger partial charge in [-0.1, -0.05) is 24.9 Å². The number of aromatic nitrogens is 2. The molecule has 0 spiro atoms. The lowest BCUT2D eigenvalue weighted by molar-refractivity contribution is 0.0902. The first-order valence-electron chi connectivity index (χ1n) is 9.69. The third-order valence-corrected chi connectivity index (χ3v) is 4.84. The molecule has 3 rings (SSSR count). The average molecular weight is 442 g/mol. The van der Waals surface area contributed by atoms with E-state index in [4.69, 9.17) is 16.3 Å². The van der Waals surface area contributed by atoms with Gasteiger partial charge in [0.1, 0.15) is 23.0 Å². The van der Waals surface area contributed by atoms with Crippen molar-refractivity contribution >= 4 is 23.3 Å². The van der Waals surface area contributed by atoms with E-state index in [2.05, 4.69) is 15.3 Å². The van der Waals surface area contributed by atoms with Crippen molar-refractivity contribution in [2.24, 2.45) is 0 Å². The highest BCUT2D eigenvalue weighted by Gasteiger charge is 2.16. The van der Waals surface area contributed by atoms with E-state index >= 15 is 0 Å². The first-order valence-corrected chi connectivity index (χ1v) is 10.1. The van der Waals surface area contributed by atoms with Gasteiger partial charge in [0.05, 0.1) is 18.7 Å². The van der Waals surface area contributed by atoms with Crippen LogP contribution in [0.2, 0.25) is 5.02 Å². The van der Waals surface area contributed by atoms with Crippen molar-refractivity contribution < 1.29 is 18.7 Å². The summed E-state index contributed by atoms with van der Waals surface area (Å²) in [5.74, 6) is -0.901. The maximum atomic E-state index is 13.5. The average Bonchev–Trinajstić information content (AvgIpc) is 2.79. The first-order chi connectivity index (χ1) is 14.9. The molecule has 0 atom stereocenters. The molecule has 2 heterocycles. The molecular weight excluding hydrogens is 421 g/mol. The van der Waals surface area contributed by atoms with E-state index in [1.807, 2.05) is 6.92 Å². The van der Waals surface area contributed by atoms with Crippen molar-refractivity contribution in [1.29, 1.82) is 0 Å². The topological polar surface area (TPSA) is 81.2 Å². The molecule has 8 heteroatoms. The molecule has 0 aliphatic heterocycles. The molecule has 31 heavy (non-hydrogen) atoms. The van der Waals surface area contributed by atoms with Crippen LogP contribution in [0.1, 0.15) is 39.9 Å². The van der Waals surface area contributed by atoms with Crippen LogP contribution in [0, 0.1) is 5.82 Å². The first kappa shape index (κ1) is 22.4. The quantitative estimate of drug-likeness (QED) is 0.520. The molecule has 1 amide bonds. The molecule has 0 aliphatic rings. The number of halogens is 2. The number of ketones is 1. The van der Waals surface area contributed by atoms with E-state index in [9.17, 15) is 14.0 Å². The smallest absolute Gasteiger partial charge is 0.251 e. The summed E-state index contributed by atoms with van der Waals surface area (Å²) in [7, 11) is 1.47. The summed E-state index contributed by atoms with van der Waals surface area (Å²) in [5, 5.41) is 2.55. The number of nitrogens with one attached hydrogen (secondary N) is 1. The molecule has 0 radical (unpaired) electrons. The van der Waals surface area contributed by atoms with Gasteiger partial charge in [0, 0.05) is 23.0 Å². The molecule has 1 N–H and O–H groups in total. The molecule has 0 fully saturated rings. The lowest BCUT2D eigenvalue weighted by atomic mass is 10.1. The summed E-state index contributed by atoms with van der Waals surface area (Å²) < 4.78 is 18.8. The number of aryl methyl sites for hydroxylation is 1. The number of benzene rings is 1. The van der Waals surface area contributed by atoms with Gasteiger partial charge in [-0.2, -0.15) is 0 Å². The Morgan fingerprint density at radius 2 is 1.97 bits per heavy atom. The van der Waals surface area contributed by atoms with Crippen molar-refractivity contribution in [3.8, 4) is 17.0 Å². The predicted molar refractivity (Wildman–Crippen MR) is 116 cm³/mol. The van der Waals surface area contributed by atoms with Crippen LogP contribution in [0.3, 0.4) is 0 Å². The van der Waals surface area contributed by atoms with Crippen LogP contribution >= 0.6 is 11.6 Å². The van der Waals surface area contributed by atoms with Crippen molar-refractivity contribution in [2.45, 2.75) is 19.8 Å². The maximum absolute atomic E-state index is 13.5. The number of nitrogens with zero attached hydrogens (tertiary/aromatic N) is 2. The Kier molecular flexibility index (Phi) is 7.31. The summed E-state index contributed by atoms with van der Waals surface area (Å²) in [5.41, 5.74) is 2.25. The van der Waals surface area contributed by atoms with Gasteiger partial charge in [0.2, 0.25) is 0 Å². The summed E-state index contributed by atoms with van der Waals surface area (Å²) in [6.45, 7) is 1.80. The second kappa shape index (κ2) is 10.1. The number of hydrogen-bond acceptors (Lipinski definition) is 5. The predicted octanol–water partition coefficient (Wildman–Crippen LogP) is 4.51. The normalized spacial score (nSPS) is 10.6. The van der Waals surface area contributed by atoms with Gasteiger partial charge in [0.15, 0.2) is 5.78 Å². The van der Waals surface area contributed by atoms with E-state index < -0.39 is 5.82 Å². The van der Waals surface area contributed by atoms with E-state index in [0.29, 0.717) is 22.6 Å². The van der Waals surface area contributed by atoms with E-state index in [1.165, 1.54) is 31.4 Å². The minimum atomic E-state index is -0.558. The SMILES string of the molecule is CCCc1cc(C(=O)NCC(=O)c2ccc(OC)c(-c3ccc(F)c(Cl)c3)n2)ccn1. The number of methoxy groups -OCH3 is 1. The Balaban J connectivity index is 1.76. The van der Waals surface area contributed by atoms with Gasteiger partial charge in [-0.05, 0) is 48.9 Å². The number of ether oxygens (including phenoxy) is 1. The number of hydrogen-bond donors (Lipinski definition) is 1. The Hall–Kier alpha value is -3.32. The highest BCUT2D eigenvalue weighted by molar-refractivity contribution is 6.31. The van der Waals surface area contributed by atoms with Crippen LogP contribution in [0.5, 0.6) is 5.75 Å². The minimum absolute atomic E-state index is 0.0647. The van der Waals surface area contributed by atoms with Crippen LogP contribution < -0.4 is 10.1 Å². The van der Waals surface area contributed by atoms with Crippen LogP contribution in [0.25, 0.3) is 11.3 Å². The molecule has 1 aromatic carbocycles. The van der Waals surface area contributed by atoms with E-state index in [0.717, 1.165) is 18.5 Å². The highest BCUT2D eigenvalue weighted by atomic mass is 35.5. The van der Waals surface area contributed by atoms with Gasteiger partial charge in [-0.25, -0.2) is 9.37 Å². The third kappa shape index (κ3) is 5.44. The summed E-state index contributed by atoms with van der Waals surface area (Å²) >= 11 is 5.87.